The molecule has 1 aromatic heterocycles. The van der Waals surface area contributed by atoms with E-state index in [1.54, 1.807) is 0 Å². The molecule has 2 aliphatic rings. The van der Waals surface area contributed by atoms with Gasteiger partial charge in [-0.3, -0.25) is 9.59 Å². The normalized spacial score (nSPS) is 21.0. The Kier molecular flexibility index (Phi) is 6.16. The van der Waals surface area contributed by atoms with Crippen molar-refractivity contribution in [3.8, 4) is 0 Å². The fraction of sp³-hybridized carbons (Fsp3) is 0.700. The summed E-state index contributed by atoms with van der Waals surface area (Å²) in [6.07, 6.45) is 8.44. The molecule has 5 heteroatoms. The minimum absolute atomic E-state index is 0.0661. The molecule has 3 rings (SSSR count). The first-order chi connectivity index (χ1) is 12.2. The predicted octanol–water partition coefficient (Wildman–Crippen LogP) is 3.59. The molecule has 1 N–H and O–H groups in total. The molecule has 0 aromatic carbocycles. The van der Waals surface area contributed by atoms with Crippen molar-refractivity contribution in [2.24, 2.45) is 5.92 Å². The summed E-state index contributed by atoms with van der Waals surface area (Å²) in [7, 11) is 0. The molecule has 25 heavy (non-hydrogen) atoms. The van der Waals surface area contributed by atoms with Gasteiger partial charge in [0.15, 0.2) is 0 Å². The molecular weight excluding hydrogens is 316 g/mol. The molecule has 138 valence electrons. The number of nitrogens with one attached hydrogen (secondary N) is 1. The van der Waals surface area contributed by atoms with Crippen LogP contribution < -0.4 is 5.32 Å². The van der Waals surface area contributed by atoms with Crippen molar-refractivity contribution >= 4 is 11.8 Å². The van der Waals surface area contributed by atoms with Crippen molar-refractivity contribution < 1.29 is 14.0 Å². The number of furan rings is 1. The summed E-state index contributed by atoms with van der Waals surface area (Å²) in [5.41, 5.74) is 0. The highest BCUT2D eigenvalue weighted by Crippen LogP contribution is 2.32. The third kappa shape index (κ3) is 4.86. The molecule has 2 amide bonds. The molecule has 1 saturated carbocycles. The summed E-state index contributed by atoms with van der Waals surface area (Å²) < 4.78 is 5.95. The van der Waals surface area contributed by atoms with E-state index in [4.69, 9.17) is 4.42 Å². The van der Waals surface area contributed by atoms with Gasteiger partial charge in [0.2, 0.25) is 11.8 Å². The van der Waals surface area contributed by atoms with E-state index in [0.717, 1.165) is 56.6 Å². The smallest absolute Gasteiger partial charge is 0.223 e. The fourth-order valence-electron chi connectivity index (χ4n) is 3.55. The quantitative estimate of drug-likeness (QED) is 0.768. The Hall–Kier alpha value is -1.78. The molecule has 1 aromatic rings. The number of aryl methyl sites for hydroxylation is 1. The first-order valence-electron chi connectivity index (χ1n) is 9.85. The lowest BCUT2D eigenvalue weighted by Gasteiger charge is -2.29. The lowest BCUT2D eigenvalue weighted by Crippen LogP contribution is -2.35. The number of carbonyl (C=O) groups excluding carboxylic acids is 2. The third-order valence-corrected chi connectivity index (χ3v) is 5.25. The SMILES string of the molecule is CCc1ccc([C@H]2CCCCCN2C(=O)CCCNC(=O)C2CC2)o1. The number of nitrogens with zero attached hydrogens (tertiary/aromatic N) is 1. The average molecular weight is 346 g/mol. The van der Waals surface area contributed by atoms with Gasteiger partial charge in [0.1, 0.15) is 11.5 Å². The molecule has 2 fully saturated rings. The highest BCUT2D eigenvalue weighted by atomic mass is 16.3. The maximum Gasteiger partial charge on any atom is 0.223 e. The molecule has 0 unspecified atom stereocenters. The zero-order valence-electron chi connectivity index (χ0n) is 15.3. The molecule has 1 aliphatic heterocycles. The van der Waals surface area contributed by atoms with Crippen LogP contribution in [0.5, 0.6) is 0 Å². The van der Waals surface area contributed by atoms with E-state index in [0.29, 0.717) is 19.4 Å². The highest BCUT2D eigenvalue weighted by Gasteiger charge is 2.30. The Labute approximate surface area is 150 Å². The Balaban J connectivity index is 1.54. The van der Waals surface area contributed by atoms with Gasteiger partial charge in [-0.1, -0.05) is 19.8 Å². The number of rotatable bonds is 7. The summed E-state index contributed by atoms with van der Waals surface area (Å²) in [5, 5.41) is 2.94. The highest BCUT2D eigenvalue weighted by molar-refractivity contribution is 5.81. The van der Waals surface area contributed by atoms with Crippen molar-refractivity contribution in [3.63, 3.8) is 0 Å². The standard InChI is InChI=1S/C20H30N2O3/c1-2-16-11-12-18(25-16)17-7-4-3-5-14-22(17)19(23)8-6-13-21-20(24)15-9-10-15/h11-12,15,17H,2-10,13-14H2,1H3,(H,21,24)/t17-/m1/s1. The summed E-state index contributed by atoms with van der Waals surface area (Å²) in [6, 6.07) is 4.12. The predicted molar refractivity (Wildman–Crippen MR) is 96.0 cm³/mol. The van der Waals surface area contributed by atoms with E-state index in [2.05, 4.69) is 12.2 Å². The summed E-state index contributed by atoms with van der Waals surface area (Å²) in [6.45, 7) is 3.48. The van der Waals surface area contributed by atoms with Crippen molar-refractivity contribution in [1.82, 2.24) is 10.2 Å². The van der Waals surface area contributed by atoms with Gasteiger partial charge in [-0.15, -0.1) is 0 Å². The Morgan fingerprint density at radius 2 is 2.04 bits per heavy atom. The number of amides is 2. The van der Waals surface area contributed by atoms with Crippen molar-refractivity contribution in [1.29, 1.82) is 0 Å². The topological polar surface area (TPSA) is 62.6 Å². The second-order valence-corrected chi connectivity index (χ2v) is 7.28. The van der Waals surface area contributed by atoms with Gasteiger partial charge in [0.05, 0.1) is 6.04 Å². The van der Waals surface area contributed by atoms with Gasteiger partial charge >= 0.3 is 0 Å². The van der Waals surface area contributed by atoms with Crippen LogP contribution in [0.1, 0.15) is 75.9 Å². The summed E-state index contributed by atoms with van der Waals surface area (Å²) >= 11 is 0. The lowest BCUT2D eigenvalue weighted by atomic mass is 10.1. The molecule has 0 spiro atoms. The van der Waals surface area contributed by atoms with Gasteiger partial charge in [0.25, 0.3) is 0 Å². The maximum absolute atomic E-state index is 12.8. The van der Waals surface area contributed by atoms with Crippen molar-refractivity contribution in [2.75, 3.05) is 13.1 Å². The van der Waals surface area contributed by atoms with Gasteiger partial charge in [-0.2, -0.15) is 0 Å². The van der Waals surface area contributed by atoms with Crippen molar-refractivity contribution in [2.45, 2.75) is 70.8 Å². The third-order valence-electron chi connectivity index (χ3n) is 5.25. The monoisotopic (exact) mass is 346 g/mol. The van der Waals surface area contributed by atoms with E-state index < -0.39 is 0 Å². The summed E-state index contributed by atoms with van der Waals surface area (Å²) in [5.74, 6) is 2.48. The van der Waals surface area contributed by atoms with Crippen LogP contribution in [0.3, 0.4) is 0 Å². The second kappa shape index (κ2) is 8.54. The van der Waals surface area contributed by atoms with Crippen LogP contribution in [0.15, 0.2) is 16.5 Å². The van der Waals surface area contributed by atoms with Crippen molar-refractivity contribution in [3.05, 3.63) is 23.7 Å². The largest absolute Gasteiger partial charge is 0.464 e. The van der Waals surface area contributed by atoms with Crippen LogP contribution in [0.4, 0.5) is 0 Å². The molecule has 1 saturated heterocycles. The minimum Gasteiger partial charge on any atom is -0.464 e. The first kappa shape index (κ1) is 18.0. The van der Waals surface area contributed by atoms with Gasteiger partial charge in [-0.25, -0.2) is 0 Å². The van der Waals surface area contributed by atoms with Crippen LogP contribution >= 0.6 is 0 Å². The second-order valence-electron chi connectivity index (χ2n) is 7.28. The van der Waals surface area contributed by atoms with Crippen LogP contribution in [0, 0.1) is 5.92 Å². The van der Waals surface area contributed by atoms with Crippen LogP contribution in [0.25, 0.3) is 0 Å². The Morgan fingerprint density at radius 3 is 2.76 bits per heavy atom. The van der Waals surface area contributed by atoms with E-state index in [9.17, 15) is 9.59 Å². The zero-order valence-corrected chi connectivity index (χ0v) is 15.3. The minimum atomic E-state index is 0.0661. The first-order valence-corrected chi connectivity index (χ1v) is 9.85. The van der Waals surface area contributed by atoms with Gasteiger partial charge < -0.3 is 14.6 Å². The van der Waals surface area contributed by atoms with E-state index in [1.807, 2.05) is 17.0 Å². The lowest BCUT2D eigenvalue weighted by molar-refractivity contribution is -0.134. The van der Waals surface area contributed by atoms with Gasteiger partial charge in [-0.05, 0) is 44.2 Å². The number of carbonyl (C=O) groups is 2. The van der Waals surface area contributed by atoms with Crippen LogP contribution in [-0.4, -0.2) is 29.8 Å². The molecule has 1 atom stereocenters. The Morgan fingerprint density at radius 1 is 1.20 bits per heavy atom. The van der Waals surface area contributed by atoms with E-state index >= 15 is 0 Å². The molecule has 2 heterocycles. The van der Waals surface area contributed by atoms with Gasteiger partial charge in [0, 0.05) is 31.8 Å². The van der Waals surface area contributed by atoms with Crippen LogP contribution in [-0.2, 0) is 16.0 Å². The molecule has 1 aliphatic carbocycles. The van der Waals surface area contributed by atoms with E-state index in [-0.39, 0.29) is 23.8 Å². The van der Waals surface area contributed by atoms with Crippen LogP contribution in [0.2, 0.25) is 0 Å². The number of hydrogen-bond acceptors (Lipinski definition) is 3. The number of likely N-dealkylation sites (tertiary alicyclic amines) is 1. The molecular formula is C20H30N2O3. The van der Waals surface area contributed by atoms with E-state index in [1.165, 1.54) is 6.42 Å². The molecule has 5 nitrogen and oxygen atoms in total. The molecule has 0 radical (unpaired) electrons. The maximum atomic E-state index is 12.8. The average Bonchev–Trinajstić information content (AvgIpc) is 3.41. The Bertz CT molecular complexity index is 592. The fourth-order valence-corrected chi connectivity index (χ4v) is 3.55. The zero-order chi connectivity index (χ0) is 17.6. The summed E-state index contributed by atoms with van der Waals surface area (Å²) in [4.78, 5) is 26.4. The molecule has 0 bridgehead atoms. The number of hydrogen-bond donors (Lipinski definition) is 1.